The van der Waals surface area contributed by atoms with Crippen LogP contribution in [0.15, 0.2) is 73.3 Å². The number of hydrogen-bond donors (Lipinski definition) is 2. The van der Waals surface area contributed by atoms with Crippen molar-refractivity contribution >= 4 is 11.7 Å². The summed E-state index contributed by atoms with van der Waals surface area (Å²) >= 11 is 0. The molecule has 3 aromatic carbocycles. The third-order valence-electron chi connectivity index (χ3n) is 7.40. The van der Waals surface area contributed by atoms with E-state index in [-0.39, 0.29) is 23.1 Å². The minimum Gasteiger partial charge on any atom is -0.508 e. The molecule has 3 aromatic rings. The Bertz CT molecular complexity index is 1170. The molecule has 0 saturated heterocycles. The van der Waals surface area contributed by atoms with Crippen LogP contribution in [0.3, 0.4) is 0 Å². The van der Waals surface area contributed by atoms with Crippen molar-refractivity contribution < 1.29 is 9.90 Å². The van der Waals surface area contributed by atoms with E-state index in [9.17, 15) is 9.90 Å². The number of benzene rings is 3. The maximum absolute atomic E-state index is 13.5. The number of aliphatic hydroxyl groups is 1. The maximum atomic E-state index is 13.5. The predicted octanol–water partition coefficient (Wildman–Crippen LogP) is 7.24. The average Bonchev–Trinajstić information content (AvgIpc) is 3.64. The Kier molecular flexibility index (Phi) is 6.92. The van der Waals surface area contributed by atoms with Crippen LogP contribution in [0.25, 0.3) is 5.76 Å². The molecule has 3 heteroatoms. The number of rotatable bonds is 9. The highest BCUT2D eigenvalue weighted by atomic mass is 16.3. The molecule has 1 fully saturated rings. The number of nitrogens with one attached hydrogen (secondary N) is 1. The molecule has 4 rings (SSSR count). The van der Waals surface area contributed by atoms with E-state index in [4.69, 9.17) is 0 Å². The van der Waals surface area contributed by atoms with E-state index in [0.717, 1.165) is 30.4 Å². The quantitative estimate of drug-likeness (QED) is 0.335. The van der Waals surface area contributed by atoms with Gasteiger partial charge in [0, 0.05) is 11.1 Å². The van der Waals surface area contributed by atoms with Gasteiger partial charge in [-0.25, -0.2) is 0 Å². The molecule has 1 atom stereocenters. The highest BCUT2D eigenvalue weighted by Crippen LogP contribution is 2.52. The number of aliphatic hydroxyl groups excluding tert-OH is 1. The molecule has 1 aliphatic carbocycles. The summed E-state index contributed by atoms with van der Waals surface area (Å²) in [6.07, 6.45) is 5.27. The van der Waals surface area contributed by atoms with E-state index in [1.54, 1.807) is 0 Å². The first kappa shape index (κ1) is 23.8. The molecule has 0 bridgehead atoms. The second-order valence-electron chi connectivity index (χ2n) is 9.72. The van der Waals surface area contributed by atoms with Crippen molar-refractivity contribution in [2.75, 3.05) is 0 Å². The molecule has 1 aliphatic rings. The van der Waals surface area contributed by atoms with Crippen LogP contribution in [0.2, 0.25) is 0 Å². The van der Waals surface area contributed by atoms with Crippen molar-refractivity contribution in [3.05, 3.63) is 112 Å². The van der Waals surface area contributed by atoms with Gasteiger partial charge in [-0.3, -0.25) is 4.79 Å². The molecular weight excluding hydrogens is 418 g/mol. The third-order valence-corrected chi connectivity index (χ3v) is 7.40. The zero-order valence-electron chi connectivity index (χ0n) is 20.5. The van der Waals surface area contributed by atoms with Crippen LogP contribution in [0.5, 0.6) is 0 Å². The minimum atomic E-state index is -0.150. The lowest BCUT2D eigenvalue weighted by molar-refractivity contribution is 0.0938. The summed E-state index contributed by atoms with van der Waals surface area (Å²) in [7, 11) is 0. The van der Waals surface area contributed by atoms with Gasteiger partial charge in [0.15, 0.2) is 0 Å². The van der Waals surface area contributed by atoms with E-state index in [2.05, 4.69) is 56.1 Å². The second kappa shape index (κ2) is 9.89. The summed E-state index contributed by atoms with van der Waals surface area (Å²) in [6.45, 7) is 9.92. The first-order chi connectivity index (χ1) is 16.3. The van der Waals surface area contributed by atoms with Gasteiger partial charge in [-0.2, -0.15) is 0 Å². The Hall–Kier alpha value is -3.33. The Morgan fingerprint density at radius 1 is 1.03 bits per heavy atom. The summed E-state index contributed by atoms with van der Waals surface area (Å²) in [5, 5.41) is 12.8. The minimum absolute atomic E-state index is 0.0317. The standard InChI is InChI=1S/C31H35NO2/c1-5-31(19-20-31)29-8-6-7-28(27(29)18-13-24-11-9-21(2)10-12-24)30(34)32-22(3)25-14-16-26(17-15-25)23(4)33/h6-12,14-17,22,33H,4-5,13,18-20H2,1-3H3,(H,32,34)/t22-/m0/s1. The molecule has 0 unspecified atom stereocenters. The molecule has 2 N–H and O–H groups in total. The molecule has 0 aliphatic heterocycles. The van der Waals surface area contributed by atoms with Gasteiger partial charge in [0.25, 0.3) is 5.91 Å². The van der Waals surface area contributed by atoms with Crippen molar-refractivity contribution in [3.63, 3.8) is 0 Å². The van der Waals surface area contributed by atoms with Gasteiger partial charge < -0.3 is 10.4 Å². The highest BCUT2D eigenvalue weighted by Gasteiger charge is 2.44. The molecule has 0 heterocycles. The van der Waals surface area contributed by atoms with E-state index < -0.39 is 0 Å². The number of carbonyl (C=O) groups excluding carboxylic acids is 1. The lowest BCUT2D eigenvalue weighted by atomic mass is 9.84. The van der Waals surface area contributed by atoms with Crippen LogP contribution in [0.4, 0.5) is 0 Å². The smallest absolute Gasteiger partial charge is 0.252 e. The van der Waals surface area contributed by atoms with Crippen molar-refractivity contribution in [2.45, 2.75) is 64.3 Å². The SMILES string of the molecule is C=C(O)c1ccc([C@H](C)NC(=O)c2cccc(C3(CC)CC3)c2CCc2ccc(C)cc2)cc1. The zero-order valence-corrected chi connectivity index (χ0v) is 20.5. The third kappa shape index (κ3) is 5.09. The number of amides is 1. The number of carbonyl (C=O) groups is 1. The molecule has 0 spiro atoms. The van der Waals surface area contributed by atoms with Gasteiger partial charge in [-0.15, -0.1) is 0 Å². The van der Waals surface area contributed by atoms with E-state index in [1.807, 2.05) is 43.3 Å². The van der Waals surface area contributed by atoms with Crippen LogP contribution in [0.1, 0.15) is 82.9 Å². The van der Waals surface area contributed by atoms with Gasteiger partial charge in [0.2, 0.25) is 0 Å². The number of aryl methyl sites for hydroxylation is 2. The Morgan fingerprint density at radius 2 is 1.71 bits per heavy atom. The summed E-state index contributed by atoms with van der Waals surface area (Å²) in [5.41, 5.74) is 7.80. The summed E-state index contributed by atoms with van der Waals surface area (Å²) in [4.78, 5) is 13.5. The van der Waals surface area contributed by atoms with Crippen molar-refractivity contribution in [1.82, 2.24) is 5.32 Å². The normalized spacial score (nSPS) is 14.9. The van der Waals surface area contributed by atoms with Gasteiger partial charge >= 0.3 is 0 Å². The highest BCUT2D eigenvalue weighted by molar-refractivity contribution is 5.96. The Morgan fingerprint density at radius 3 is 2.29 bits per heavy atom. The van der Waals surface area contributed by atoms with Crippen LogP contribution in [-0.4, -0.2) is 11.0 Å². The van der Waals surface area contributed by atoms with Crippen LogP contribution in [0, 0.1) is 6.92 Å². The fourth-order valence-electron chi connectivity index (χ4n) is 4.88. The summed E-state index contributed by atoms with van der Waals surface area (Å²) in [6, 6.07) is 22.3. The van der Waals surface area contributed by atoms with Crippen molar-refractivity contribution in [3.8, 4) is 0 Å². The Balaban J connectivity index is 1.59. The van der Waals surface area contributed by atoms with Crippen LogP contribution < -0.4 is 5.32 Å². The fraction of sp³-hybridized carbons (Fsp3) is 0.323. The molecule has 1 saturated carbocycles. The van der Waals surface area contributed by atoms with Crippen LogP contribution in [-0.2, 0) is 18.3 Å². The molecule has 34 heavy (non-hydrogen) atoms. The molecule has 0 radical (unpaired) electrons. The van der Waals surface area contributed by atoms with E-state index >= 15 is 0 Å². The Labute approximate surface area is 203 Å². The van der Waals surface area contributed by atoms with Gasteiger partial charge in [-0.1, -0.05) is 79.7 Å². The van der Waals surface area contributed by atoms with Gasteiger partial charge in [-0.05, 0) is 79.7 Å². The molecule has 3 nitrogen and oxygen atoms in total. The molecule has 176 valence electrons. The lowest BCUT2D eigenvalue weighted by Crippen LogP contribution is -2.28. The number of hydrogen-bond acceptors (Lipinski definition) is 2. The van der Waals surface area contributed by atoms with Gasteiger partial charge in [0.1, 0.15) is 5.76 Å². The van der Waals surface area contributed by atoms with E-state index in [0.29, 0.717) is 5.56 Å². The maximum Gasteiger partial charge on any atom is 0.252 e. The largest absolute Gasteiger partial charge is 0.508 e. The lowest BCUT2D eigenvalue weighted by Gasteiger charge is -2.22. The van der Waals surface area contributed by atoms with Crippen molar-refractivity contribution in [1.29, 1.82) is 0 Å². The average molecular weight is 454 g/mol. The molecular formula is C31H35NO2. The monoisotopic (exact) mass is 453 g/mol. The summed E-state index contributed by atoms with van der Waals surface area (Å²) in [5.74, 6) is 0.0130. The van der Waals surface area contributed by atoms with Crippen LogP contribution >= 0.6 is 0 Å². The van der Waals surface area contributed by atoms with Gasteiger partial charge in [0.05, 0.1) is 6.04 Å². The first-order valence-corrected chi connectivity index (χ1v) is 12.3. The molecule has 1 amide bonds. The zero-order chi connectivity index (χ0) is 24.3. The summed E-state index contributed by atoms with van der Waals surface area (Å²) < 4.78 is 0. The fourth-order valence-corrected chi connectivity index (χ4v) is 4.88. The van der Waals surface area contributed by atoms with E-state index in [1.165, 1.54) is 35.1 Å². The first-order valence-electron chi connectivity index (χ1n) is 12.3. The second-order valence-corrected chi connectivity index (χ2v) is 9.72. The predicted molar refractivity (Wildman–Crippen MR) is 140 cm³/mol. The molecule has 0 aromatic heterocycles. The van der Waals surface area contributed by atoms with Crippen molar-refractivity contribution in [2.24, 2.45) is 0 Å². The topological polar surface area (TPSA) is 49.3 Å².